The van der Waals surface area contributed by atoms with Crippen LogP contribution in [0.2, 0.25) is 0 Å². The van der Waals surface area contributed by atoms with Crippen LogP contribution in [0.4, 0.5) is 0 Å². The fraction of sp³-hybridized carbons (Fsp3) is 0.400. The van der Waals surface area contributed by atoms with Crippen LogP contribution in [0.15, 0.2) is 4.21 Å². The minimum absolute atomic E-state index is 1.08. The van der Waals surface area contributed by atoms with Gasteiger partial charge in [-0.3, -0.25) is 0 Å². The first-order valence-corrected chi connectivity index (χ1v) is 7.14. The van der Waals surface area contributed by atoms with E-state index in [4.69, 9.17) is 12.2 Å². The summed E-state index contributed by atoms with van der Waals surface area (Å²) in [6, 6.07) is 0. The van der Waals surface area contributed by atoms with Crippen LogP contribution in [0.5, 0.6) is 0 Å². The summed E-state index contributed by atoms with van der Waals surface area (Å²) in [6.45, 7) is 0. The van der Waals surface area contributed by atoms with Crippen molar-refractivity contribution in [1.29, 1.82) is 0 Å². The van der Waals surface area contributed by atoms with Crippen LogP contribution in [-0.2, 0) is 6.42 Å². The number of hydrogen-bond acceptors (Lipinski definition) is 5. The molecule has 1 aliphatic rings. The lowest BCUT2D eigenvalue weighted by Gasteiger charge is -2.06. The SMILES string of the molecule is S=c1sc2c(s1)SSCC2. The third-order valence-corrected chi connectivity index (χ3v) is 6.89. The highest BCUT2D eigenvalue weighted by molar-refractivity contribution is 8.77. The summed E-state index contributed by atoms with van der Waals surface area (Å²) in [6.07, 6.45) is 1.23. The van der Waals surface area contributed by atoms with E-state index in [1.54, 1.807) is 22.7 Å². The zero-order valence-corrected chi connectivity index (χ0v) is 9.04. The normalized spacial score (nSPS) is 16.8. The summed E-state index contributed by atoms with van der Waals surface area (Å²) >= 11 is 8.65. The van der Waals surface area contributed by atoms with Gasteiger partial charge in [-0.25, -0.2) is 0 Å². The highest BCUT2D eigenvalue weighted by atomic mass is 33.1. The molecule has 1 aliphatic heterocycles. The molecule has 0 fully saturated rings. The zero-order chi connectivity index (χ0) is 6.97. The summed E-state index contributed by atoms with van der Waals surface area (Å²) in [4.78, 5) is 1.51. The Morgan fingerprint density at radius 2 is 2.20 bits per heavy atom. The molecule has 1 aromatic heterocycles. The Labute approximate surface area is 80.5 Å². The Hall–Kier alpha value is 0.970. The van der Waals surface area contributed by atoms with Crippen molar-refractivity contribution in [2.45, 2.75) is 10.6 Å². The molecule has 0 nitrogen and oxygen atoms in total. The van der Waals surface area contributed by atoms with Gasteiger partial charge in [-0.15, -0.1) is 22.7 Å². The second-order valence-corrected chi connectivity index (χ2v) is 7.81. The molecule has 0 N–H and O–H groups in total. The van der Waals surface area contributed by atoms with Crippen molar-refractivity contribution < 1.29 is 0 Å². The lowest BCUT2D eigenvalue weighted by Crippen LogP contribution is -1.88. The molecule has 0 spiro atoms. The molecule has 1 aromatic rings. The highest BCUT2D eigenvalue weighted by Gasteiger charge is 2.12. The molecule has 5 heteroatoms. The van der Waals surface area contributed by atoms with Gasteiger partial charge in [0.1, 0.15) is 3.14 Å². The maximum atomic E-state index is 5.10. The van der Waals surface area contributed by atoms with Gasteiger partial charge in [-0.2, -0.15) is 0 Å². The quantitative estimate of drug-likeness (QED) is 0.485. The third kappa shape index (κ3) is 1.43. The van der Waals surface area contributed by atoms with E-state index in [-0.39, 0.29) is 0 Å². The standard InChI is InChI=1S/C5H4S5/c6-5-8-3-1-2-7-10-4(3)9-5/h1-2H2. The van der Waals surface area contributed by atoms with Crippen molar-refractivity contribution in [3.63, 3.8) is 0 Å². The predicted octanol–water partition coefficient (Wildman–Crippen LogP) is 3.84. The maximum absolute atomic E-state index is 5.10. The Kier molecular flexibility index (Phi) is 2.39. The van der Waals surface area contributed by atoms with E-state index in [9.17, 15) is 0 Å². The first-order valence-electron chi connectivity index (χ1n) is 2.78. The smallest absolute Gasteiger partial charge is 0.117 e. The lowest BCUT2D eigenvalue weighted by molar-refractivity contribution is 1.17. The van der Waals surface area contributed by atoms with Gasteiger partial charge in [0.25, 0.3) is 0 Å². The van der Waals surface area contributed by atoms with E-state index in [1.807, 2.05) is 21.6 Å². The van der Waals surface area contributed by atoms with Crippen LogP contribution in [0.25, 0.3) is 0 Å². The molecule has 2 heterocycles. The van der Waals surface area contributed by atoms with Crippen molar-refractivity contribution >= 4 is 56.5 Å². The molecule has 0 amide bonds. The summed E-state index contributed by atoms with van der Waals surface area (Å²) < 4.78 is 2.53. The second-order valence-electron chi connectivity index (χ2n) is 1.82. The molecule has 0 atom stereocenters. The number of fused-ring (bicyclic) bond motifs is 1. The molecular weight excluding hydrogens is 220 g/mol. The van der Waals surface area contributed by atoms with Crippen molar-refractivity contribution in [3.05, 3.63) is 8.01 Å². The predicted molar refractivity (Wildman–Crippen MR) is 55.0 cm³/mol. The van der Waals surface area contributed by atoms with Gasteiger partial charge in [0.15, 0.2) is 0 Å². The monoisotopic (exact) mass is 224 g/mol. The van der Waals surface area contributed by atoms with Gasteiger partial charge in [0, 0.05) is 10.6 Å². The molecular formula is C5H4S5. The summed E-state index contributed by atoms with van der Waals surface area (Å²) in [5.41, 5.74) is 0. The first-order chi connectivity index (χ1) is 4.86. The third-order valence-electron chi connectivity index (χ3n) is 1.16. The van der Waals surface area contributed by atoms with Crippen molar-refractivity contribution in [2.24, 2.45) is 0 Å². The van der Waals surface area contributed by atoms with Crippen LogP contribution in [0.1, 0.15) is 4.88 Å². The molecule has 0 unspecified atom stereocenters. The molecule has 54 valence electrons. The van der Waals surface area contributed by atoms with E-state index in [2.05, 4.69) is 0 Å². The van der Waals surface area contributed by atoms with Crippen LogP contribution < -0.4 is 0 Å². The number of rotatable bonds is 0. The van der Waals surface area contributed by atoms with Gasteiger partial charge in [0.2, 0.25) is 0 Å². The van der Waals surface area contributed by atoms with Crippen LogP contribution >= 0.6 is 56.5 Å². The van der Waals surface area contributed by atoms with Crippen molar-refractivity contribution in [3.8, 4) is 0 Å². The van der Waals surface area contributed by atoms with Crippen LogP contribution in [-0.4, -0.2) is 5.75 Å². The van der Waals surface area contributed by atoms with Gasteiger partial charge >= 0.3 is 0 Å². The number of hydrogen-bond donors (Lipinski definition) is 0. The Balaban J connectivity index is 2.50. The van der Waals surface area contributed by atoms with E-state index in [0.29, 0.717) is 0 Å². The van der Waals surface area contributed by atoms with Crippen molar-refractivity contribution in [2.75, 3.05) is 5.75 Å². The Morgan fingerprint density at radius 1 is 1.30 bits per heavy atom. The topological polar surface area (TPSA) is 0 Å². The van der Waals surface area contributed by atoms with E-state index >= 15 is 0 Å². The summed E-state index contributed by atoms with van der Waals surface area (Å²) in [5.74, 6) is 1.25. The fourth-order valence-electron chi connectivity index (χ4n) is 0.742. The fourth-order valence-corrected chi connectivity index (χ4v) is 6.89. The molecule has 0 bridgehead atoms. The average molecular weight is 224 g/mol. The molecule has 0 radical (unpaired) electrons. The molecule has 0 aliphatic carbocycles. The highest BCUT2D eigenvalue weighted by Crippen LogP contribution is 2.44. The Bertz CT molecular complexity index is 256. The van der Waals surface area contributed by atoms with Gasteiger partial charge in [-0.1, -0.05) is 23.0 Å². The summed E-state index contributed by atoms with van der Waals surface area (Å²) in [5, 5.41) is 0. The van der Waals surface area contributed by atoms with Gasteiger partial charge in [0.05, 0.1) is 4.21 Å². The Morgan fingerprint density at radius 3 is 3.00 bits per heavy atom. The van der Waals surface area contributed by atoms with Crippen LogP contribution in [0.3, 0.4) is 0 Å². The largest absolute Gasteiger partial charge is 0.145 e. The minimum atomic E-state index is 1.08. The minimum Gasteiger partial charge on any atom is -0.117 e. The zero-order valence-electron chi connectivity index (χ0n) is 4.96. The van der Waals surface area contributed by atoms with Gasteiger partial charge in [-0.05, 0) is 17.2 Å². The average Bonchev–Trinajstić information content (AvgIpc) is 2.27. The molecule has 0 saturated carbocycles. The molecule has 10 heavy (non-hydrogen) atoms. The van der Waals surface area contributed by atoms with Crippen LogP contribution in [0, 0.1) is 3.14 Å². The molecule has 0 aromatic carbocycles. The lowest BCUT2D eigenvalue weighted by atomic mass is 10.4. The number of aryl methyl sites for hydroxylation is 1. The first kappa shape index (κ1) is 7.61. The van der Waals surface area contributed by atoms with Crippen molar-refractivity contribution in [1.82, 2.24) is 0 Å². The molecule has 2 rings (SSSR count). The van der Waals surface area contributed by atoms with E-state index < -0.39 is 0 Å². The van der Waals surface area contributed by atoms with Gasteiger partial charge < -0.3 is 0 Å². The summed E-state index contributed by atoms with van der Waals surface area (Å²) in [7, 11) is 3.83. The maximum Gasteiger partial charge on any atom is 0.145 e. The van der Waals surface area contributed by atoms with E-state index in [1.165, 1.54) is 21.3 Å². The second kappa shape index (κ2) is 3.15. The molecule has 0 saturated heterocycles. The van der Waals surface area contributed by atoms with E-state index in [0.717, 1.165) is 3.14 Å².